The molecule has 1 aliphatic carbocycles. The monoisotopic (exact) mass is 229 g/mol. The molecule has 0 bridgehead atoms. The minimum Gasteiger partial charge on any atom is -0.385 e. The Labute approximate surface area is 99.9 Å². The highest BCUT2D eigenvalue weighted by Crippen LogP contribution is 2.25. The Hall–Kier alpha value is -0.120. The molecule has 0 aromatic rings. The summed E-state index contributed by atoms with van der Waals surface area (Å²) in [6.45, 7) is 6.02. The molecule has 2 atom stereocenters. The molecule has 1 aliphatic rings. The van der Waals surface area contributed by atoms with Gasteiger partial charge in [-0.05, 0) is 31.7 Å². The third-order valence-corrected chi connectivity index (χ3v) is 3.22. The molecule has 0 spiro atoms. The largest absolute Gasteiger partial charge is 0.385 e. The van der Waals surface area contributed by atoms with Crippen LogP contribution < -0.4 is 5.32 Å². The van der Waals surface area contributed by atoms with Gasteiger partial charge in [-0.25, -0.2) is 0 Å². The summed E-state index contributed by atoms with van der Waals surface area (Å²) >= 11 is 0. The van der Waals surface area contributed by atoms with E-state index < -0.39 is 0 Å². The van der Waals surface area contributed by atoms with Crippen LogP contribution in [0.5, 0.6) is 0 Å². The van der Waals surface area contributed by atoms with Crippen molar-refractivity contribution >= 4 is 0 Å². The molecule has 16 heavy (non-hydrogen) atoms. The van der Waals surface area contributed by atoms with Crippen LogP contribution in [-0.4, -0.2) is 39.5 Å². The van der Waals surface area contributed by atoms with E-state index in [9.17, 15) is 0 Å². The molecule has 0 aromatic heterocycles. The highest BCUT2D eigenvalue weighted by molar-refractivity contribution is 4.70. The average molecular weight is 229 g/mol. The maximum atomic E-state index is 5.87. The second kappa shape index (κ2) is 8.97. The first-order valence-electron chi connectivity index (χ1n) is 6.64. The topological polar surface area (TPSA) is 30.5 Å². The first-order chi connectivity index (χ1) is 7.83. The molecule has 1 rings (SSSR count). The van der Waals surface area contributed by atoms with Gasteiger partial charge in [-0.3, -0.25) is 0 Å². The van der Waals surface area contributed by atoms with E-state index in [0.29, 0.717) is 6.10 Å². The zero-order valence-electron chi connectivity index (χ0n) is 10.8. The van der Waals surface area contributed by atoms with Gasteiger partial charge < -0.3 is 14.8 Å². The van der Waals surface area contributed by atoms with Crippen molar-refractivity contribution in [1.82, 2.24) is 5.32 Å². The standard InChI is InChI=1S/C13H27NO2/c1-12-5-3-6-13(11-12)16-10-8-14-7-4-9-15-2/h12-14H,3-11H2,1-2H3. The van der Waals surface area contributed by atoms with Crippen LogP contribution in [0.1, 0.15) is 39.0 Å². The van der Waals surface area contributed by atoms with Crippen LogP contribution in [0.4, 0.5) is 0 Å². The molecule has 3 heteroatoms. The minimum atomic E-state index is 0.518. The molecular formula is C13H27NO2. The van der Waals surface area contributed by atoms with E-state index in [-0.39, 0.29) is 0 Å². The lowest BCUT2D eigenvalue weighted by Gasteiger charge is -2.26. The van der Waals surface area contributed by atoms with Crippen molar-refractivity contribution in [3.63, 3.8) is 0 Å². The van der Waals surface area contributed by atoms with Gasteiger partial charge in [0.1, 0.15) is 0 Å². The van der Waals surface area contributed by atoms with Crippen molar-refractivity contribution in [3.8, 4) is 0 Å². The van der Waals surface area contributed by atoms with Gasteiger partial charge in [0.2, 0.25) is 0 Å². The lowest BCUT2D eigenvalue weighted by molar-refractivity contribution is 0.0173. The maximum absolute atomic E-state index is 5.87. The molecule has 1 saturated carbocycles. The lowest BCUT2D eigenvalue weighted by Crippen LogP contribution is -2.27. The van der Waals surface area contributed by atoms with Crippen molar-refractivity contribution in [3.05, 3.63) is 0 Å². The second-order valence-electron chi connectivity index (χ2n) is 4.86. The molecule has 1 fully saturated rings. The lowest BCUT2D eigenvalue weighted by atomic mass is 9.89. The average Bonchev–Trinajstić information content (AvgIpc) is 2.28. The van der Waals surface area contributed by atoms with Crippen LogP contribution in [-0.2, 0) is 9.47 Å². The summed E-state index contributed by atoms with van der Waals surface area (Å²) < 4.78 is 10.9. The Morgan fingerprint density at radius 3 is 2.81 bits per heavy atom. The summed E-state index contributed by atoms with van der Waals surface area (Å²) in [5.74, 6) is 0.855. The zero-order valence-corrected chi connectivity index (χ0v) is 10.8. The van der Waals surface area contributed by atoms with Gasteiger partial charge in [-0.15, -0.1) is 0 Å². The normalized spacial score (nSPS) is 25.9. The second-order valence-corrected chi connectivity index (χ2v) is 4.86. The summed E-state index contributed by atoms with van der Waals surface area (Å²) in [7, 11) is 1.74. The fourth-order valence-corrected chi connectivity index (χ4v) is 2.29. The van der Waals surface area contributed by atoms with Gasteiger partial charge in [0.15, 0.2) is 0 Å². The smallest absolute Gasteiger partial charge is 0.0594 e. The van der Waals surface area contributed by atoms with Gasteiger partial charge in [-0.2, -0.15) is 0 Å². The van der Waals surface area contributed by atoms with Crippen LogP contribution in [0.25, 0.3) is 0 Å². The minimum absolute atomic E-state index is 0.518. The Morgan fingerprint density at radius 2 is 2.06 bits per heavy atom. The number of methoxy groups -OCH3 is 1. The molecule has 0 aliphatic heterocycles. The van der Waals surface area contributed by atoms with Crippen molar-refractivity contribution in [2.45, 2.75) is 45.1 Å². The van der Waals surface area contributed by atoms with Gasteiger partial charge in [-0.1, -0.05) is 19.8 Å². The van der Waals surface area contributed by atoms with E-state index in [2.05, 4.69) is 12.2 Å². The number of hydrogen-bond acceptors (Lipinski definition) is 3. The third-order valence-electron chi connectivity index (χ3n) is 3.22. The van der Waals surface area contributed by atoms with Crippen molar-refractivity contribution in [2.75, 3.05) is 33.4 Å². The van der Waals surface area contributed by atoms with Crippen molar-refractivity contribution < 1.29 is 9.47 Å². The van der Waals surface area contributed by atoms with E-state index in [1.165, 1.54) is 25.7 Å². The fraction of sp³-hybridized carbons (Fsp3) is 1.00. The predicted molar refractivity (Wildman–Crippen MR) is 66.7 cm³/mol. The van der Waals surface area contributed by atoms with Gasteiger partial charge in [0.25, 0.3) is 0 Å². The van der Waals surface area contributed by atoms with E-state index in [1.54, 1.807) is 7.11 Å². The van der Waals surface area contributed by atoms with E-state index in [1.807, 2.05) is 0 Å². The number of hydrogen-bond donors (Lipinski definition) is 1. The first-order valence-corrected chi connectivity index (χ1v) is 6.64. The molecule has 0 aromatic carbocycles. The molecule has 0 amide bonds. The molecule has 1 N–H and O–H groups in total. The van der Waals surface area contributed by atoms with Crippen LogP contribution >= 0.6 is 0 Å². The molecule has 0 radical (unpaired) electrons. The summed E-state index contributed by atoms with van der Waals surface area (Å²) in [4.78, 5) is 0. The van der Waals surface area contributed by atoms with E-state index >= 15 is 0 Å². The molecule has 3 nitrogen and oxygen atoms in total. The zero-order chi connectivity index (χ0) is 11.6. The number of nitrogens with one attached hydrogen (secondary N) is 1. The van der Waals surface area contributed by atoms with Crippen LogP contribution in [0.2, 0.25) is 0 Å². The van der Waals surface area contributed by atoms with Gasteiger partial charge >= 0.3 is 0 Å². The van der Waals surface area contributed by atoms with Gasteiger partial charge in [0.05, 0.1) is 12.7 Å². The molecule has 0 heterocycles. The molecule has 96 valence electrons. The van der Waals surface area contributed by atoms with Crippen LogP contribution in [0.15, 0.2) is 0 Å². The first kappa shape index (κ1) is 13.9. The summed E-state index contributed by atoms with van der Waals surface area (Å²) in [5, 5.41) is 3.37. The Bertz CT molecular complexity index is 164. The molecule has 0 saturated heterocycles. The van der Waals surface area contributed by atoms with Crippen molar-refractivity contribution in [2.24, 2.45) is 5.92 Å². The Morgan fingerprint density at radius 1 is 1.19 bits per heavy atom. The SMILES string of the molecule is COCCCNCCOC1CCCC(C)C1. The van der Waals surface area contributed by atoms with Crippen LogP contribution in [0, 0.1) is 5.92 Å². The van der Waals surface area contributed by atoms with Crippen LogP contribution in [0.3, 0.4) is 0 Å². The number of ether oxygens (including phenoxy) is 2. The Balaban J connectivity index is 1.86. The van der Waals surface area contributed by atoms with E-state index in [0.717, 1.165) is 38.6 Å². The fourth-order valence-electron chi connectivity index (χ4n) is 2.29. The number of rotatable bonds is 8. The molecule has 2 unspecified atom stereocenters. The third kappa shape index (κ3) is 6.46. The quantitative estimate of drug-likeness (QED) is 0.647. The van der Waals surface area contributed by atoms with E-state index in [4.69, 9.17) is 9.47 Å². The molecular weight excluding hydrogens is 202 g/mol. The highest BCUT2D eigenvalue weighted by atomic mass is 16.5. The predicted octanol–water partition coefficient (Wildman–Crippen LogP) is 2.21. The highest BCUT2D eigenvalue weighted by Gasteiger charge is 2.18. The van der Waals surface area contributed by atoms with Gasteiger partial charge in [0, 0.05) is 20.3 Å². The summed E-state index contributed by atoms with van der Waals surface area (Å²) in [6.07, 6.45) is 6.83. The van der Waals surface area contributed by atoms with Crippen molar-refractivity contribution in [1.29, 1.82) is 0 Å². The summed E-state index contributed by atoms with van der Waals surface area (Å²) in [5.41, 5.74) is 0. The maximum Gasteiger partial charge on any atom is 0.0594 e. The Kier molecular flexibility index (Phi) is 7.81. The summed E-state index contributed by atoms with van der Waals surface area (Å²) in [6, 6.07) is 0.